The van der Waals surface area contributed by atoms with E-state index in [1.165, 1.54) is 19.2 Å². The Balaban J connectivity index is 2.89. The quantitative estimate of drug-likeness (QED) is 0.839. The van der Waals surface area contributed by atoms with Crippen LogP contribution < -0.4 is 10.9 Å². The lowest BCUT2D eigenvalue weighted by Crippen LogP contribution is -2.28. The average Bonchev–Trinajstić information content (AvgIpc) is 2.26. The Kier molecular flexibility index (Phi) is 5.16. The van der Waals surface area contributed by atoms with E-state index in [1.54, 1.807) is 0 Å². The maximum absolute atomic E-state index is 12.2. The number of nitrogens with one attached hydrogen (secondary N) is 1. The minimum atomic E-state index is -4.26. The number of hydrogen-bond donors (Lipinski definition) is 1. The van der Waals surface area contributed by atoms with Crippen molar-refractivity contribution in [3.63, 3.8) is 0 Å². The number of allylic oxidation sites excluding steroid dienone is 1. The fourth-order valence-corrected chi connectivity index (χ4v) is 1.90. The first-order valence-corrected chi connectivity index (χ1v) is 6.23. The summed E-state index contributed by atoms with van der Waals surface area (Å²) in [5.74, 6) is 0. The largest absolute Gasteiger partial charge is 0.391 e. The number of hydrogen-bond acceptors (Lipinski definition) is 3. The molecule has 0 saturated heterocycles. The van der Waals surface area contributed by atoms with E-state index in [0.29, 0.717) is 0 Å². The lowest BCUT2D eigenvalue weighted by Gasteiger charge is -2.17. The number of nitrogens with zero attached hydrogens (tertiary/aromatic N) is 2. The molecule has 0 amide bonds. The van der Waals surface area contributed by atoms with E-state index in [9.17, 15) is 18.0 Å². The van der Waals surface area contributed by atoms with Gasteiger partial charge in [-0.05, 0) is 22.9 Å². The van der Waals surface area contributed by atoms with Crippen LogP contribution in [-0.4, -0.2) is 22.0 Å². The van der Waals surface area contributed by atoms with Crippen LogP contribution in [0.5, 0.6) is 0 Å². The highest BCUT2D eigenvalue weighted by Gasteiger charge is 2.30. The molecule has 106 valence electrons. The van der Waals surface area contributed by atoms with E-state index >= 15 is 0 Å². The van der Waals surface area contributed by atoms with E-state index in [1.807, 2.05) is 0 Å². The van der Waals surface area contributed by atoms with Crippen LogP contribution in [0, 0.1) is 0 Å². The minimum absolute atomic E-state index is 0.151. The molecule has 0 spiro atoms. The Labute approximate surface area is 116 Å². The molecule has 1 atom stereocenters. The standard InChI is InChI=1S/C11H13BrF3N3O/c1-3-4-18-10(19)9(12)8(6-16-18)17-7(2)5-11(13,14)15/h3,6-7,17H,1,4-5H2,2H3. The van der Waals surface area contributed by atoms with Crippen LogP contribution in [0.4, 0.5) is 18.9 Å². The van der Waals surface area contributed by atoms with Crippen LogP contribution in [0.1, 0.15) is 13.3 Å². The van der Waals surface area contributed by atoms with Gasteiger partial charge in [0, 0.05) is 6.04 Å². The molecule has 4 nitrogen and oxygen atoms in total. The summed E-state index contributed by atoms with van der Waals surface area (Å²) in [7, 11) is 0. The maximum atomic E-state index is 12.2. The molecule has 19 heavy (non-hydrogen) atoms. The Morgan fingerprint density at radius 3 is 2.79 bits per heavy atom. The van der Waals surface area contributed by atoms with Crippen molar-refractivity contribution in [3.05, 3.63) is 33.7 Å². The van der Waals surface area contributed by atoms with Gasteiger partial charge in [0.2, 0.25) is 0 Å². The number of halogens is 4. The van der Waals surface area contributed by atoms with Crippen molar-refractivity contribution in [1.82, 2.24) is 9.78 Å². The average molecular weight is 340 g/mol. The Morgan fingerprint density at radius 2 is 2.26 bits per heavy atom. The SMILES string of the molecule is C=CCn1ncc(NC(C)CC(F)(F)F)c(Br)c1=O. The van der Waals surface area contributed by atoms with Gasteiger partial charge in [-0.2, -0.15) is 18.3 Å². The van der Waals surface area contributed by atoms with Crippen molar-refractivity contribution in [2.75, 3.05) is 5.32 Å². The van der Waals surface area contributed by atoms with Gasteiger partial charge < -0.3 is 5.32 Å². The molecule has 0 radical (unpaired) electrons. The van der Waals surface area contributed by atoms with Gasteiger partial charge in [0.15, 0.2) is 0 Å². The summed E-state index contributed by atoms with van der Waals surface area (Å²) in [6.07, 6.45) is -2.44. The molecule has 0 aromatic carbocycles. The molecule has 1 unspecified atom stereocenters. The Hall–Kier alpha value is -1.31. The molecule has 0 aliphatic rings. The zero-order chi connectivity index (χ0) is 14.6. The second kappa shape index (κ2) is 6.23. The van der Waals surface area contributed by atoms with Gasteiger partial charge in [0.05, 0.1) is 24.8 Å². The number of anilines is 1. The molecule has 0 saturated carbocycles. The number of rotatable bonds is 5. The first-order chi connectivity index (χ1) is 8.74. The second-order valence-electron chi connectivity index (χ2n) is 4.01. The van der Waals surface area contributed by atoms with Crippen molar-refractivity contribution in [1.29, 1.82) is 0 Å². The van der Waals surface area contributed by atoms with Crippen molar-refractivity contribution >= 4 is 21.6 Å². The maximum Gasteiger partial charge on any atom is 0.391 e. The molecule has 1 rings (SSSR count). The lowest BCUT2D eigenvalue weighted by molar-refractivity contribution is -0.136. The van der Waals surface area contributed by atoms with Gasteiger partial charge in [-0.25, -0.2) is 4.68 Å². The molecule has 8 heteroatoms. The van der Waals surface area contributed by atoms with Gasteiger partial charge in [-0.1, -0.05) is 6.08 Å². The molecule has 1 N–H and O–H groups in total. The molecular formula is C11H13BrF3N3O. The van der Waals surface area contributed by atoms with Crippen molar-refractivity contribution in [2.24, 2.45) is 0 Å². The van der Waals surface area contributed by atoms with E-state index in [0.717, 1.165) is 4.68 Å². The summed E-state index contributed by atoms with van der Waals surface area (Å²) in [5, 5.41) is 6.45. The van der Waals surface area contributed by atoms with Crippen molar-refractivity contribution < 1.29 is 13.2 Å². The summed E-state index contributed by atoms with van der Waals surface area (Å²) in [5.41, 5.74) is -0.189. The zero-order valence-corrected chi connectivity index (χ0v) is 11.8. The lowest BCUT2D eigenvalue weighted by atomic mass is 10.2. The first kappa shape index (κ1) is 15.7. The van der Waals surface area contributed by atoms with Crippen LogP contribution >= 0.6 is 15.9 Å². The van der Waals surface area contributed by atoms with Crippen LogP contribution in [0.15, 0.2) is 28.1 Å². The Bertz CT molecular complexity index is 513. The van der Waals surface area contributed by atoms with Gasteiger partial charge in [0.1, 0.15) is 4.47 Å². The van der Waals surface area contributed by atoms with Gasteiger partial charge >= 0.3 is 6.18 Å². The number of alkyl halides is 3. The summed E-state index contributed by atoms with van der Waals surface area (Å²) < 4.78 is 37.9. The number of aromatic nitrogens is 2. The third-order valence-electron chi connectivity index (χ3n) is 2.23. The highest BCUT2D eigenvalue weighted by atomic mass is 79.9. The predicted molar refractivity (Wildman–Crippen MR) is 70.2 cm³/mol. The summed E-state index contributed by atoms with van der Waals surface area (Å²) >= 11 is 3.06. The van der Waals surface area contributed by atoms with Crippen molar-refractivity contribution in [3.8, 4) is 0 Å². The molecule has 1 aromatic rings. The highest BCUT2D eigenvalue weighted by Crippen LogP contribution is 2.24. The Morgan fingerprint density at radius 1 is 1.63 bits per heavy atom. The highest BCUT2D eigenvalue weighted by molar-refractivity contribution is 9.10. The molecule has 1 heterocycles. The van der Waals surface area contributed by atoms with Gasteiger partial charge in [-0.3, -0.25) is 4.79 Å². The van der Waals surface area contributed by atoms with Crippen LogP contribution in [0.3, 0.4) is 0 Å². The normalized spacial score (nSPS) is 13.1. The molecule has 0 aliphatic heterocycles. The van der Waals surface area contributed by atoms with Crippen LogP contribution in [-0.2, 0) is 6.54 Å². The van der Waals surface area contributed by atoms with E-state index in [-0.39, 0.29) is 16.7 Å². The zero-order valence-electron chi connectivity index (χ0n) is 10.2. The van der Waals surface area contributed by atoms with Gasteiger partial charge in [-0.15, -0.1) is 6.58 Å². The third kappa shape index (κ3) is 4.70. The minimum Gasteiger partial charge on any atom is -0.380 e. The van der Waals surface area contributed by atoms with E-state index < -0.39 is 24.2 Å². The summed E-state index contributed by atoms with van der Waals surface area (Å²) in [4.78, 5) is 11.8. The summed E-state index contributed by atoms with van der Waals surface area (Å²) in [6.45, 7) is 5.10. The fourth-order valence-electron chi connectivity index (χ4n) is 1.48. The molecular weight excluding hydrogens is 327 g/mol. The molecule has 0 fully saturated rings. The van der Waals surface area contributed by atoms with E-state index in [4.69, 9.17) is 0 Å². The third-order valence-corrected chi connectivity index (χ3v) is 2.99. The second-order valence-corrected chi connectivity index (χ2v) is 4.81. The fraction of sp³-hybridized carbons (Fsp3) is 0.455. The summed E-state index contributed by atoms with van der Waals surface area (Å²) in [6, 6.07) is -0.854. The smallest absolute Gasteiger partial charge is 0.380 e. The van der Waals surface area contributed by atoms with Crippen LogP contribution in [0.2, 0.25) is 0 Å². The molecule has 1 aromatic heterocycles. The van der Waals surface area contributed by atoms with Crippen molar-refractivity contribution in [2.45, 2.75) is 32.1 Å². The van der Waals surface area contributed by atoms with Gasteiger partial charge in [0.25, 0.3) is 5.56 Å². The first-order valence-electron chi connectivity index (χ1n) is 5.44. The molecule has 0 bridgehead atoms. The monoisotopic (exact) mass is 339 g/mol. The van der Waals surface area contributed by atoms with Crippen LogP contribution in [0.25, 0.3) is 0 Å². The predicted octanol–water partition coefficient (Wildman–Crippen LogP) is 2.94. The topological polar surface area (TPSA) is 46.9 Å². The van der Waals surface area contributed by atoms with E-state index in [2.05, 4.69) is 32.9 Å². The molecule has 0 aliphatic carbocycles.